The van der Waals surface area contributed by atoms with E-state index in [4.69, 9.17) is 0 Å². The molecule has 1 heterocycles. The van der Waals surface area contributed by atoms with Crippen molar-refractivity contribution in [3.8, 4) is 0 Å². The molecule has 0 aromatic heterocycles. The summed E-state index contributed by atoms with van der Waals surface area (Å²) in [7, 11) is 0. The average Bonchev–Trinajstić information content (AvgIpc) is 2.27. The molecule has 0 aliphatic carbocycles. The van der Waals surface area contributed by atoms with Gasteiger partial charge in [-0.2, -0.15) is 0 Å². The van der Waals surface area contributed by atoms with E-state index >= 15 is 0 Å². The topological polar surface area (TPSA) is 69.6 Å². The first-order valence-corrected chi connectivity index (χ1v) is 5.52. The van der Waals surface area contributed by atoms with Crippen LogP contribution in [-0.4, -0.2) is 30.0 Å². The highest BCUT2D eigenvalue weighted by molar-refractivity contribution is 6.02. The zero-order valence-corrected chi connectivity index (χ0v) is 9.81. The third-order valence-corrected chi connectivity index (χ3v) is 2.74. The summed E-state index contributed by atoms with van der Waals surface area (Å²) >= 11 is 0. The highest BCUT2D eigenvalue weighted by Crippen LogP contribution is 2.23. The number of piperazine rings is 1. The quantitative estimate of drug-likeness (QED) is 0.745. The van der Waals surface area contributed by atoms with E-state index in [1.165, 1.54) is 24.0 Å². The molecule has 1 aromatic rings. The van der Waals surface area contributed by atoms with Crippen molar-refractivity contribution in [1.29, 1.82) is 0 Å². The van der Waals surface area contributed by atoms with Gasteiger partial charge in [0, 0.05) is 0 Å². The number of rotatable bonds is 2. The SMILES string of the molecule is C[C@@H](O)c1ccc(N2CC(=O)NC(=O)C2)c(F)c1. The Labute approximate surface area is 103 Å². The minimum absolute atomic E-state index is 0.0588. The number of anilines is 1. The van der Waals surface area contributed by atoms with Crippen molar-refractivity contribution in [2.75, 3.05) is 18.0 Å². The Bertz CT molecular complexity index is 486. The summed E-state index contributed by atoms with van der Waals surface area (Å²) in [6.07, 6.45) is -0.764. The normalized spacial score (nSPS) is 17.6. The van der Waals surface area contributed by atoms with E-state index in [2.05, 4.69) is 5.32 Å². The summed E-state index contributed by atoms with van der Waals surface area (Å²) < 4.78 is 13.9. The zero-order chi connectivity index (χ0) is 13.3. The van der Waals surface area contributed by atoms with Gasteiger partial charge in [0.1, 0.15) is 5.82 Å². The monoisotopic (exact) mass is 252 g/mol. The van der Waals surface area contributed by atoms with Gasteiger partial charge in [-0.3, -0.25) is 14.9 Å². The van der Waals surface area contributed by atoms with Crippen molar-refractivity contribution in [3.05, 3.63) is 29.6 Å². The van der Waals surface area contributed by atoms with Crippen LogP contribution in [0.15, 0.2) is 18.2 Å². The number of imide groups is 1. The molecule has 0 saturated carbocycles. The maximum Gasteiger partial charge on any atom is 0.246 e. The summed E-state index contributed by atoms with van der Waals surface area (Å²) in [5.41, 5.74) is 0.631. The molecule has 2 N–H and O–H groups in total. The fourth-order valence-electron chi connectivity index (χ4n) is 1.85. The standard InChI is InChI=1S/C12H13FN2O3/c1-7(16)8-2-3-10(9(13)4-8)15-5-11(17)14-12(18)6-15/h2-4,7,16H,5-6H2,1H3,(H,14,17,18)/t7-/m1/s1. The lowest BCUT2D eigenvalue weighted by Crippen LogP contribution is -2.51. The van der Waals surface area contributed by atoms with E-state index in [-0.39, 0.29) is 18.8 Å². The molecule has 1 atom stereocenters. The number of aliphatic hydroxyl groups is 1. The number of benzene rings is 1. The van der Waals surface area contributed by atoms with Crippen LogP contribution in [0.25, 0.3) is 0 Å². The summed E-state index contributed by atoms with van der Waals surface area (Å²) in [5, 5.41) is 11.5. The number of halogens is 1. The Kier molecular flexibility index (Phi) is 3.29. The highest BCUT2D eigenvalue weighted by Gasteiger charge is 2.24. The predicted octanol–water partition coefficient (Wildman–Crippen LogP) is 0.342. The van der Waals surface area contributed by atoms with Crippen LogP contribution in [0.4, 0.5) is 10.1 Å². The number of hydrogen-bond acceptors (Lipinski definition) is 4. The van der Waals surface area contributed by atoms with Crippen LogP contribution >= 0.6 is 0 Å². The predicted molar refractivity (Wildman–Crippen MR) is 62.4 cm³/mol. The first-order chi connectivity index (χ1) is 8.47. The van der Waals surface area contributed by atoms with Crippen molar-refractivity contribution >= 4 is 17.5 Å². The number of carbonyl (C=O) groups is 2. The van der Waals surface area contributed by atoms with Crippen LogP contribution in [0.5, 0.6) is 0 Å². The van der Waals surface area contributed by atoms with Gasteiger partial charge in [0.05, 0.1) is 24.9 Å². The van der Waals surface area contributed by atoms with E-state index in [1.54, 1.807) is 6.07 Å². The molecule has 6 heteroatoms. The molecule has 0 unspecified atom stereocenters. The van der Waals surface area contributed by atoms with Crippen LogP contribution < -0.4 is 10.2 Å². The molecule has 2 amide bonds. The molecule has 1 aromatic carbocycles. The lowest BCUT2D eigenvalue weighted by Gasteiger charge is -2.27. The number of carbonyl (C=O) groups excluding carboxylic acids is 2. The summed E-state index contributed by atoms with van der Waals surface area (Å²) in [6.45, 7) is 1.42. The van der Waals surface area contributed by atoms with Gasteiger partial charge < -0.3 is 10.0 Å². The van der Waals surface area contributed by atoms with E-state index in [1.807, 2.05) is 0 Å². The van der Waals surface area contributed by atoms with E-state index < -0.39 is 23.7 Å². The van der Waals surface area contributed by atoms with Crippen molar-refractivity contribution in [2.45, 2.75) is 13.0 Å². The highest BCUT2D eigenvalue weighted by atomic mass is 19.1. The van der Waals surface area contributed by atoms with Gasteiger partial charge in [-0.25, -0.2) is 4.39 Å². The maximum atomic E-state index is 13.9. The van der Waals surface area contributed by atoms with E-state index in [0.29, 0.717) is 5.56 Å². The van der Waals surface area contributed by atoms with Crippen molar-refractivity contribution in [3.63, 3.8) is 0 Å². The molecule has 18 heavy (non-hydrogen) atoms. The number of nitrogens with one attached hydrogen (secondary N) is 1. The Morgan fingerprint density at radius 1 is 1.33 bits per heavy atom. The summed E-state index contributed by atoms with van der Waals surface area (Å²) in [5.74, 6) is -1.47. The molecule has 1 saturated heterocycles. The Balaban J connectivity index is 2.28. The van der Waals surface area contributed by atoms with Gasteiger partial charge in [-0.15, -0.1) is 0 Å². The van der Waals surface area contributed by atoms with Gasteiger partial charge >= 0.3 is 0 Å². The zero-order valence-electron chi connectivity index (χ0n) is 9.81. The van der Waals surface area contributed by atoms with Gasteiger partial charge in [-0.1, -0.05) is 6.07 Å². The Hall–Kier alpha value is -1.95. The lowest BCUT2D eigenvalue weighted by molar-refractivity contribution is -0.130. The molecule has 0 bridgehead atoms. The van der Waals surface area contributed by atoms with Crippen molar-refractivity contribution < 1.29 is 19.1 Å². The number of amides is 2. The number of aliphatic hydroxyl groups excluding tert-OH is 1. The molecule has 1 fully saturated rings. The molecular weight excluding hydrogens is 239 g/mol. The van der Waals surface area contributed by atoms with E-state index in [9.17, 15) is 19.1 Å². The van der Waals surface area contributed by atoms with Crippen molar-refractivity contribution in [1.82, 2.24) is 5.32 Å². The molecule has 0 radical (unpaired) electrons. The van der Waals surface area contributed by atoms with Crippen LogP contribution in [-0.2, 0) is 9.59 Å². The minimum atomic E-state index is -0.764. The first kappa shape index (κ1) is 12.5. The second kappa shape index (κ2) is 4.73. The molecular formula is C12H13FN2O3. The average molecular weight is 252 g/mol. The van der Waals surface area contributed by atoms with Gasteiger partial charge in [0.15, 0.2) is 0 Å². The second-order valence-electron chi connectivity index (χ2n) is 4.21. The maximum absolute atomic E-state index is 13.9. The fourth-order valence-corrected chi connectivity index (χ4v) is 1.85. The van der Waals surface area contributed by atoms with Crippen LogP contribution in [0.2, 0.25) is 0 Å². The third-order valence-electron chi connectivity index (χ3n) is 2.74. The fraction of sp³-hybridized carbons (Fsp3) is 0.333. The largest absolute Gasteiger partial charge is 0.389 e. The summed E-state index contributed by atoms with van der Waals surface area (Å²) in [6, 6.07) is 4.24. The van der Waals surface area contributed by atoms with Gasteiger partial charge in [0.2, 0.25) is 11.8 Å². The molecule has 1 aliphatic heterocycles. The van der Waals surface area contributed by atoms with Gasteiger partial charge in [-0.05, 0) is 24.6 Å². The second-order valence-corrected chi connectivity index (χ2v) is 4.21. The van der Waals surface area contributed by atoms with Crippen LogP contribution in [0.3, 0.4) is 0 Å². The molecule has 96 valence electrons. The third kappa shape index (κ3) is 2.48. The van der Waals surface area contributed by atoms with Crippen LogP contribution in [0.1, 0.15) is 18.6 Å². The molecule has 1 aliphatic rings. The van der Waals surface area contributed by atoms with Crippen LogP contribution in [0, 0.1) is 5.82 Å². The number of hydrogen-bond donors (Lipinski definition) is 2. The Morgan fingerprint density at radius 2 is 1.94 bits per heavy atom. The molecule has 2 rings (SSSR count). The van der Waals surface area contributed by atoms with E-state index in [0.717, 1.165) is 0 Å². The molecule has 0 spiro atoms. The number of nitrogens with zero attached hydrogens (tertiary/aromatic N) is 1. The minimum Gasteiger partial charge on any atom is -0.389 e. The van der Waals surface area contributed by atoms with Gasteiger partial charge in [0.25, 0.3) is 0 Å². The molecule has 5 nitrogen and oxygen atoms in total. The smallest absolute Gasteiger partial charge is 0.246 e. The lowest BCUT2D eigenvalue weighted by atomic mass is 10.1. The van der Waals surface area contributed by atoms with Crippen molar-refractivity contribution in [2.24, 2.45) is 0 Å². The first-order valence-electron chi connectivity index (χ1n) is 5.52. The summed E-state index contributed by atoms with van der Waals surface area (Å²) in [4.78, 5) is 23.8. The Morgan fingerprint density at radius 3 is 2.44 bits per heavy atom.